The molecule has 2 aromatic rings. The van der Waals surface area contributed by atoms with Gasteiger partial charge in [-0.25, -0.2) is 4.79 Å². The standard InChI is InChI=1S/C22H28N3O5PS2/c1-2-30-21(27)19-18(17-6-4-3-5-7-17)22(33-20(19)23-16-26)31(32,24-8-12-28-13-9-24)25-10-14-29-15-11-25/h3-7,16H,2,8-15H2,1H3,(H,23,26). The van der Waals surface area contributed by atoms with E-state index in [2.05, 4.69) is 14.7 Å². The van der Waals surface area contributed by atoms with Gasteiger partial charge in [-0.3, -0.25) is 14.1 Å². The number of benzene rings is 1. The fourth-order valence-corrected chi connectivity index (χ4v) is 10.9. The fraction of sp³-hybridized carbons (Fsp3) is 0.455. The van der Waals surface area contributed by atoms with Gasteiger partial charge in [0.2, 0.25) is 6.41 Å². The zero-order valence-electron chi connectivity index (χ0n) is 18.5. The number of thiophene rings is 1. The quantitative estimate of drug-likeness (QED) is 0.331. The van der Waals surface area contributed by atoms with Gasteiger partial charge in [-0.05, 0) is 12.5 Å². The Morgan fingerprint density at radius 3 is 2.21 bits per heavy atom. The van der Waals surface area contributed by atoms with Crippen LogP contribution in [0.4, 0.5) is 5.00 Å². The lowest BCUT2D eigenvalue weighted by molar-refractivity contribution is -0.105. The Hall–Kier alpha value is -1.65. The van der Waals surface area contributed by atoms with Crippen molar-refractivity contribution in [1.29, 1.82) is 0 Å². The summed E-state index contributed by atoms with van der Waals surface area (Å²) in [4.78, 5) is 24.7. The van der Waals surface area contributed by atoms with E-state index in [-0.39, 0.29) is 6.61 Å². The molecule has 0 spiro atoms. The Bertz CT molecular complexity index is 999. The third-order valence-electron chi connectivity index (χ3n) is 5.63. The number of amides is 1. The molecule has 0 unspecified atom stereocenters. The predicted molar refractivity (Wildman–Crippen MR) is 134 cm³/mol. The number of carbonyl (C=O) groups is 2. The molecule has 33 heavy (non-hydrogen) atoms. The number of carbonyl (C=O) groups excluding carboxylic acids is 2. The minimum atomic E-state index is -2.52. The molecule has 11 heteroatoms. The summed E-state index contributed by atoms with van der Waals surface area (Å²) in [5, 5.41) is 3.21. The fourth-order valence-electron chi connectivity index (χ4n) is 4.14. The molecule has 0 bridgehead atoms. The molecular weight excluding hydrogens is 481 g/mol. The maximum Gasteiger partial charge on any atom is 0.341 e. The first kappa shape index (κ1) is 24.5. The number of esters is 1. The third kappa shape index (κ3) is 4.93. The molecule has 1 aromatic heterocycles. The van der Waals surface area contributed by atoms with Crippen LogP contribution in [-0.2, 0) is 30.8 Å². The molecule has 2 aliphatic rings. The van der Waals surface area contributed by atoms with Crippen LogP contribution in [0.3, 0.4) is 0 Å². The maximum atomic E-state index is 13.2. The van der Waals surface area contributed by atoms with Gasteiger partial charge in [-0.2, -0.15) is 0 Å². The van der Waals surface area contributed by atoms with Gasteiger partial charge in [-0.15, -0.1) is 11.3 Å². The number of rotatable bonds is 8. The van der Waals surface area contributed by atoms with Crippen molar-refractivity contribution in [3.8, 4) is 11.1 Å². The lowest BCUT2D eigenvalue weighted by Gasteiger charge is -2.45. The summed E-state index contributed by atoms with van der Waals surface area (Å²) in [6, 6.07) is 9.75. The van der Waals surface area contributed by atoms with Crippen LogP contribution in [0.15, 0.2) is 30.3 Å². The molecule has 2 fully saturated rings. The van der Waals surface area contributed by atoms with Crippen molar-refractivity contribution in [1.82, 2.24) is 9.34 Å². The van der Waals surface area contributed by atoms with E-state index in [1.54, 1.807) is 6.92 Å². The van der Waals surface area contributed by atoms with Crippen LogP contribution in [0, 0.1) is 0 Å². The van der Waals surface area contributed by atoms with Gasteiger partial charge in [0.1, 0.15) is 16.9 Å². The Morgan fingerprint density at radius 2 is 1.70 bits per heavy atom. The summed E-state index contributed by atoms with van der Waals surface area (Å²) in [5.41, 5.74) is 2.00. The van der Waals surface area contributed by atoms with Crippen LogP contribution in [0.5, 0.6) is 0 Å². The number of nitrogens with zero attached hydrogens (tertiary/aromatic N) is 2. The highest BCUT2D eigenvalue weighted by Crippen LogP contribution is 2.58. The first-order valence-corrected chi connectivity index (χ1v) is 14.5. The number of morpholine rings is 2. The average Bonchev–Trinajstić information content (AvgIpc) is 3.25. The van der Waals surface area contributed by atoms with Crippen LogP contribution < -0.4 is 9.94 Å². The first-order chi connectivity index (χ1) is 16.1. The van der Waals surface area contributed by atoms with Gasteiger partial charge < -0.3 is 19.5 Å². The summed E-state index contributed by atoms with van der Waals surface area (Å²) < 4.78 is 22.3. The molecule has 3 heterocycles. The van der Waals surface area contributed by atoms with Gasteiger partial charge in [0.05, 0.1) is 37.7 Å². The van der Waals surface area contributed by atoms with Crippen LogP contribution in [0.2, 0.25) is 0 Å². The van der Waals surface area contributed by atoms with Crippen molar-refractivity contribution in [3.05, 3.63) is 35.9 Å². The van der Waals surface area contributed by atoms with Crippen molar-refractivity contribution in [3.63, 3.8) is 0 Å². The largest absolute Gasteiger partial charge is 0.462 e. The van der Waals surface area contributed by atoms with Crippen molar-refractivity contribution in [2.45, 2.75) is 6.92 Å². The SMILES string of the molecule is CCOC(=O)c1c(NC=O)sc(P(=S)(N2CCOCC2)N2CCOCC2)c1-c1ccccc1. The van der Waals surface area contributed by atoms with E-state index >= 15 is 0 Å². The van der Waals surface area contributed by atoms with E-state index in [0.717, 1.165) is 15.7 Å². The molecule has 2 aliphatic heterocycles. The van der Waals surface area contributed by atoms with Gasteiger partial charge in [0.15, 0.2) is 0 Å². The van der Waals surface area contributed by atoms with Crippen LogP contribution in [0.1, 0.15) is 17.3 Å². The molecule has 1 aromatic carbocycles. The first-order valence-electron chi connectivity index (χ1n) is 11.0. The minimum Gasteiger partial charge on any atom is -0.462 e. The number of ether oxygens (including phenoxy) is 3. The molecule has 0 saturated carbocycles. The lowest BCUT2D eigenvalue weighted by atomic mass is 10.0. The van der Waals surface area contributed by atoms with E-state index in [9.17, 15) is 9.59 Å². The number of hydrogen-bond donors (Lipinski definition) is 1. The average molecular weight is 510 g/mol. The zero-order valence-corrected chi connectivity index (χ0v) is 21.1. The molecule has 0 atom stereocenters. The highest BCUT2D eigenvalue weighted by molar-refractivity contribution is 8.17. The second kappa shape index (κ2) is 11.2. The van der Waals surface area contributed by atoms with Gasteiger partial charge in [0.25, 0.3) is 0 Å². The van der Waals surface area contributed by atoms with E-state index in [0.29, 0.717) is 69.6 Å². The van der Waals surface area contributed by atoms with Crippen molar-refractivity contribution in [2.75, 3.05) is 64.5 Å². The van der Waals surface area contributed by atoms with Crippen molar-refractivity contribution < 1.29 is 23.8 Å². The molecule has 1 amide bonds. The summed E-state index contributed by atoms with van der Waals surface area (Å²) >= 11 is 7.99. The molecule has 4 rings (SSSR count). The molecule has 0 radical (unpaired) electrons. The van der Waals surface area contributed by atoms with E-state index in [4.69, 9.17) is 26.0 Å². The summed E-state index contributed by atoms with van der Waals surface area (Å²) in [5.74, 6) is -0.464. The molecule has 8 nitrogen and oxygen atoms in total. The normalized spacial score (nSPS) is 18.1. The van der Waals surface area contributed by atoms with E-state index in [1.165, 1.54) is 11.3 Å². The van der Waals surface area contributed by atoms with Crippen molar-refractivity contribution >= 4 is 51.5 Å². The lowest BCUT2D eigenvalue weighted by Crippen LogP contribution is -2.45. The third-order valence-corrected chi connectivity index (χ3v) is 13.0. The number of hydrogen-bond acceptors (Lipinski definition) is 7. The highest BCUT2D eigenvalue weighted by Gasteiger charge is 2.41. The maximum absolute atomic E-state index is 13.2. The number of anilines is 1. The zero-order chi connectivity index (χ0) is 23.3. The Kier molecular flexibility index (Phi) is 8.29. The van der Waals surface area contributed by atoms with Gasteiger partial charge >= 0.3 is 5.97 Å². The number of nitrogens with one attached hydrogen (secondary N) is 1. The van der Waals surface area contributed by atoms with Gasteiger partial charge in [-0.1, -0.05) is 42.1 Å². The van der Waals surface area contributed by atoms with Crippen LogP contribution in [-0.4, -0.2) is 80.9 Å². The summed E-state index contributed by atoms with van der Waals surface area (Å²) in [6.07, 6.45) is -1.92. The molecule has 178 valence electrons. The predicted octanol–water partition coefficient (Wildman–Crippen LogP) is 2.76. The topological polar surface area (TPSA) is 80.3 Å². The van der Waals surface area contributed by atoms with E-state index in [1.807, 2.05) is 30.3 Å². The van der Waals surface area contributed by atoms with E-state index < -0.39 is 12.3 Å². The Morgan fingerprint density at radius 1 is 1.12 bits per heavy atom. The Balaban J connectivity index is 1.98. The van der Waals surface area contributed by atoms with Crippen LogP contribution >= 0.6 is 17.7 Å². The summed E-state index contributed by atoms with van der Waals surface area (Å²) in [7, 11) is 0. The second-order valence-electron chi connectivity index (χ2n) is 7.51. The smallest absolute Gasteiger partial charge is 0.341 e. The molecule has 1 N–H and O–H groups in total. The molecule has 2 saturated heterocycles. The Labute approximate surface area is 202 Å². The second-order valence-corrected chi connectivity index (χ2v) is 13.0. The molecular formula is C22H28N3O5PS2. The van der Waals surface area contributed by atoms with Crippen molar-refractivity contribution in [2.24, 2.45) is 0 Å². The minimum absolute atomic E-state index is 0.236. The molecule has 0 aliphatic carbocycles. The summed E-state index contributed by atoms with van der Waals surface area (Å²) in [6.45, 7) is 7.30. The monoisotopic (exact) mass is 509 g/mol. The highest BCUT2D eigenvalue weighted by atomic mass is 32.4. The van der Waals surface area contributed by atoms with Gasteiger partial charge in [0, 0.05) is 31.7 Å². The van der Waals surface area contributed by atoms with Crippen LogP contribution in [0.25, 0.3) is 11.1 Å².